The van der Waals surface area contributed by atoms with Crippen LogP contribution in [-0.2, 0) is 9.53 Å². The minimum atomic E-state index is -0.185. The number of carbonyl (C=O) groups excluding carboxylic acids is 2. The van der Waals surface area contributed by atoms with Crippen molar-refractivity contribution >= 4 is 35.3 Å². The maximum Gasteiger partial charge on any atom is 0.262 e. The van der Waals surface area contributed by atoms with Crippen molar-refractivity contribution < 1.29 is 19.1 Å². The van der Waals surface area contributed by atoms with Crippen LogP contribution in [0.2, 0.25) is 0 Å². The molecule has 0 spiro atoms. The predicted octanol–water partition coefficient (Wildman–Crippen LogP) is 3.69. The van der Waals surface area contributed by atoms with Crippen LogP contribution >= 0.6 is 11.8 Å². The lowest BCUT2D eigenvalue weighted by atomic mass is 10.1. The van der Waals surface area contributed by atoms with Crippen molar-refractivity contribution in [2.24, 2.45) is 0 Å². The zero-order chi connectivity index (χ0) is 20.2. The molecule has 0 aromatic heterocycles. The Morgan fingerprint density at radius 2 is 2.14 bits per heavy atom. The molecule has 150 valence electrons. The molecule has 1 atom stereocenters. The largest absolute Gasteiger partial charge is 0.497 e. The van der Waals surface area contributed by atoms with E-state index in [2.05, 4.69) is 10.6 Å². The Hall–Kier alpha value is -2.77. The van der Waals surface area contributed by atoms with Crippen LogP contribution in [0.15, 0.2) is 52.3 Å². The lowest BCUT2D eigenvalue weighted by molar-refractivity contribution is -0.112. The quantitative estimate of drug-likeness (QED) is 0.736. The summed E-state index contributed by atoms with van der Waals surface area (Å²) in [6, 6.07) is 12.9. The van der Waals surface area contributed by atoms with Crippen LogP contribution in [-0.4, -0.2) is 38.2 Å². The molecule has 4 rings (SSSR count). The molecule has 0 aliphatic carbocycles. The van der Waals surface area contributed by atoms with Gasteiger partial charge in [0.15, 0.2) is 0 Å². The van der Waals surface area contributed by atoms with Crippen molar-refractivity contribution in [1.29, 1.82) is 0 Å². The van der Waals surface area contributed by atoms with Crippen LogP contribution < -0.4 is 15.4 Å². The molecule has 2 aliphatic heterocycles. The molecule has 0 saturated carbocycles. The van der Waals surface area contributed by atoms with Gasteiger partial charge in [-0.05, 0) is 54.8 Å². The van der Waals surface area contributed by atoms with Crippen LogP contribution in [0, 0.1) is 0 Å². The zero-order valence-corrected chi connectivity index (χ0v) is 16.9. The Morgan fingerprint density at radius 3 is 2.86 bits per heavy atom. The van der Waals surface area contributed by atoms with Crippen molar-refractivity contribution in [3.05, 3.63) is 58.5 Å². The number of ether oxygens (including phenoxy) is 2. The summed E-state index contributed by atoms with van der Waals surface area (Å²) in [7, 11) is 1.62. The summed E-state index contributed by atoms with van der Waals surface area (Å²) in [5.41, 5.74) is 2.08. The molecular weight excluding hydrogens is 388 g/mol. The highest BCUT2D eigenvalue weighted by atomic mass is 32.2. The number of methoxy groups -OCH3 is 1. The minimum Gasteiger partial charge on any atom is -0.497 e. The van der Waals surface area contributed by atoms with E-state index < -0.39 is 0 Å². The van der Waals surface area contributed by atoms with Crippen molar-refractivity contribution in [3.8, 4) is 5.75 Å². The maximum atomic E-state index is 12.5. The number of thioether (sulfide) groups is 1. The summed E-state index contributed by atoms with van der Waals surface area (Å²) in [5.74, 6) is 0.417. The summed E-state index contributed by atoms with van der Waals surface area (Å²) in [6.45, 7) is 1.26. The Bertz CT molecular complexity index is 950. The molecule has 29 heavy (non-hydrogen) atoms. The highest BCUT2D eigenvalue weighted by molar-refractivity contribution is 8.04. The number of amides is 2. The fraction of sp³-hybridized carbons (Fsp3) is 0.273. The van der Waals surface area contributed by atoms with Crippen LogP contribution in [0.1, 0.15) is 28.8 Å². The van der Waals surface area contributed by atoms with Gasteiger partial charge in [0.25, 0.3) is 11.8 Å². The first-order valence-corrected chi connectivity index (χ1v) is 10.3. The Balaban J connectivity index is 1.46. The summed E-state index contributed by atoms with van der Waals surface area (Å²) in [6.07, 6.45) is 3.94. The molecule has 2 aliphatic rings. The fourth-order valence-corrected chi connectivity index (χ4v) is 4.20. The molecule has 1 saturated heterocycles. The first-order chi connectivity index (χ1) is 14.1. The maximum absolute atomic E-state index is 12.5. The second-order valence-corrected chi connectivity index (χ2v) is 7.98. The number of rotatable bonds is 5. The summed E-state index contributed by atoms with van der Waals surface area (Å²) in [5, 5.41) is 5.79. The smallest absolute Gasteiger partial charge is 0.262 e. The van der Waals surface area contributed by atoms with Crippen molar-refractivity contribution in [3.63, 3.8) is 0 Å². The first kappa shape index (κ1) is 19.5. The van der Waals surface area contributed by atoms with Gasteiger partial charge in [0, 0.05) is 23.6 Å². The summed E-state index contributed by atoms with van der Waals surface area (Å²) < 4.78 is 10.7. The number of nitrogens with one attached hydrogen (secondary N) is 2. The third kappa shape index (κ3) is 4.63. The van der Waals surface area contributed by atoms with E-state index in [4.69, 9.17) is 9.47 Å². The SMILES string of the molecule is COc1ccc(C=C2Sc3ccc(C(=O)NCC4CCCO4)cc3NC2=O)cc1. The molecule has 6 nitrogen and oxygen atoms in total. The summed E-state index contributed by atoms with van der Waals surface area (Å²) in [4.78, 5) is 26.4. The van der Waals surface area contributed by atoms with E-state index in [1.165, 1.54) is 11.8 Å². The van der Waals surface area contributed by atoms with Crippen LogP contribution in [0.3, 0.4) is 0 Å². The lowest BCUT2D eigenvalue weighted by Gasteiger charge is -2.19. The zero-order valence-electron chi connectivity index (χ0n) is 16.1. The molecular formula is C22H22N2O4S. The third-order valence-corrected chi connectivity index (χ3v) is 5.96. The highest BCUT2D eigenvalue weighted by Crippen LogP contribution is 2.39. The van der Waals surface area contributed by atoms with E-state index >= 15 is 0 Å². The number of fused-ring (bicyclic) bond motifs is 1. The third-order valence-electron chi connectivity index (χ3n) is 4.86. The molecule has 2 heterocycles. The molecule has 0 radical (unpaired) electrons. The minimum absolute atomic E-state index is 0.0949. The van der Waals surface area contributed by atoms with Gasteiger partial charge < -0.3 is 20.1 Å². The molecule has 7 heteroatoms. The first-order valence-electron chi connectivity index (χ1n) is 9.51. The fourth-order valence-electron chi connectivity index (χ4n) is 3.27. The topological polar surface area (TPSA) is 76.7 Å². The molecule has 2 aromatic rings. The Labute approximate surface area is 173 Å². The van der Waals surface area contributed by atoms with Gasteiger partial charge >= 0.3 is 0 Å². The van der Waals surface area contributed by atoms with E-state index in [9.17, 15) is 9.59 Å². The van der Waals surface area contributed by atoms with Gasteiger partial charge in [-0.1, -0.05) is 23.9 Å². The van der Waals surface area contributed by atoms with Crippen LogP contribution in [0.25, 0.3) is 6.08 Å². The van der Waals surface area contributed by atoms with E-state index in [0.717, 1.165) is 35.7 Å². The normalized spacial score (nSPS) is 19.6. The average molecular weight is 410 g/mol. The van der Waals surface area contributed by atoms with Gasteiger partial charge in [-0.25, -0.2) is 0 Å². The Kier molecular flexibility index (Phi) is 5.87. The van der Waals surface area contributed by atoms with E-state index in [1.54, 1.807) is 19.2 Å². The van der Waals surface area contributed by atoms with E-state index in [1.807, 2.05) is 36.4 Å². The van der Waals surface area contributed by atoms with E-state index in [-0.39, 0.29) is 17.9 Å². The van der Waals surface area contributed by atoms with Gasteiger partial charge in [0.2, 0.25) is 0 Å². The summed E-state index contributed by atoms with van der Waals surface area (Å²) >= 11 is 1.39. The highest BCUT2D eigenvalue weighted by Gasteiger charge is 2.23. The monoisotopic (exact) mass is 410 g/mol. The van der Waals surface area contributed by atoms with Gasteiger partial charge in [-0.2, -0.15) is 0 Å². The van der Waals surface area contributed by atoms with Crippen molar-refractivity contribution in [2.75, 3.05) is 25.6 Å². The van der Waals surface area contributed by atoms with Gasteiger partial charge in [-0.3, -0.25) is 9.59 Å². The molecule has 2 aromatic carbocycles. The van der Waals surface area contributed by atoms with Crippen LogP contribution in [0.5, 0.6) is 5.75 Å². The molecule has 2 N–H and O–H groups in total. The number of hydrogen-bond donors (Lipinski definition) is 2. The van der Waals surface area contributed by atoms with Gasteiger partial charge in [-0.15, -0.1) is 0 Å². The van der Waals surface area contributed by atoms with Gasteiger partial charge in [0.05, 0.1) is 23.8 Å². The van der Waals surface area contributed by atoms with E-state index in [0.29, 0.717) is 22.7 Å². The molecule has 2 amide bonds. The Morgan fingerprint density at radius 1 is 1.31 bits per heavy atom. The second kappa shape index (κ2) is 8.71. The molecule has 1 fully saturated rings. The lowest BCUT2D eigenvalue weighted by Crippen LogP contribution is -2.31. The number of benzene rings is 2. The van der Waals surface area contributed by atoms with Crippen molar-refractivity contribution in [1.82, 2.24) is 5.32 Å². The molecule has 1 unspecified atom stereocenters. The van der Waals surface area contributed by atoms with Crippen LogP contribution in [0.4, 0.5) is 5.69 Å². The van der Waals surface area contributed by atoms with Gasteiger partial charge in [0.1, 0.15) is 5.75 Å². The average Bonchev–Trinajstić information content (AvgIpc) is 3.26. The van der Waals surface area contributed by atoms with Crippen molar-refractivity contribution in [2.45, 2.75) is 23.8 Å². The molecule has 0 bridgehead atoms. The second-order valence-electron chi connectivity index (χ2n) is 6.89. The predicted molar refractivity (Wildman–Crippen MR) is 113 cm³/mol. The number of anilines is 1. The number of hydrogen-bond acceptors (Lipinski definition) is 5. The number of carbonyl (C=O) groups is 2. The standard InChI is InChI=1S/C22H22N2O4S/c1-27-16-7-4-14(5-8-16)11-20-22(26)24-18-12-15(6-9-19(18)29-20)21(25)23-13-17-3-2-10-28-17/h4-9,11-12,17H,2-3,10,13H2,1H3,(H,23,25)(H,24,26).